The summed E-state index contributed by atoms with van der Waals surface area (Å²) in [7, 11) is 0. The minimum Gasteiger partial charge on any atom is -0.481 e. The van der Waals surface area contributed by atoms with Gasteiger partial charge in [0.2, 0.25) is 0 Å². The van der Waals surface area contributed by atoms with E-state index < -0.39 is 5.97 Å². The van der Waals surface area contributed by atoms with Crippen LogP contribution in [0.2, 0.25) is 0 Å². The van der Waals surface area contributed by atoms with Crippen LogP contribution < -0.4 is 0 Å². The number of amides is 1. The molecule has 1 N–H and O–H groups in total. The number of rotatable bonds is 8. The first-order chi connectivity index (χ1) is 18.4. The van der Waals surface area contributed by atoms with Crippen LogP contribution in [0, 0.1) is 6.92 Å². The minimum absolute atomic E-state index is 0.0280. The fourth-order valence-electron chi connectivity index (χ4n) is 5.63. The van der Waals surface area contributed by atoms with E-state index in [-0.39, 0.29) is 18.2 Å². The van der Waals surface area contributed by atoms with Crippen LogP contribution in [-0.4, -0.2) is 43.4 Å². The smallest absolute Gasteiger partial charge is 0.304 e. The zero-order chi connectivity index (χ0) is 26.8. The summed E-state index contributed by atoms with van der Waals surface area (Å²) in [6, 6.07) is 18.2. The normalized spacial score (nSPS) is 13.9. The monoisotopic (exact) mass is 510 g/mol. The summed E-state index contributed by atoms with van der Waals surface area (Å²) in [4.78, 5) is 27.1. The molecule has 0 aliphatic carbocycles. The highest BCUT2D eigenvalue weighted by Gasteiger charge is 2.26. The Kier molecular flexibility index (Phi) is 7.27. The summed E-state index contributed by atoms with van der Waals surface area (Å²) < 4.78 is 1.85. The first-order valence-electron chi connectivity index (χ1n) is 13.4. The van der Waals surface area contributed by atoms with Gasteiger partial charge in [-0.05, 0) is 78.3 Å². The van der Waals surface area contributed by atoms with E-state index in [1.807, 2.05) is 65.9 Å². The van der Waals surface area contributed by atoms with E-state index in [0.29, 0.717) is 18.7 Å². The number of aromatic nitrogens is 3. The molecule has 7 nitrogen and oxygen atoms in total. The Morgan fingerprint density at radius 3 is 2.53 bits per heavy atom. The second kappa shape index (κ2) is 10.8. The predicted octanol–water partition coefficient (Wildman–Crippen LogP) is 5.52. The molecular weight excluding hydrogens is 476 g/mol. The van der Waals surface area contributed by atoms with Crippen molar-refractivity contribution in [2.75, 3.05) is 6.54 Å². The van der Waals surface area contributed by atoms with Gasteiger partial charge < -0.3 is 10.0 Å². The number of carbonyl (C=O) groups excluding carboxylic acids is 1. The van der Waals surface area contributed by atoms with Crippen LogP contribution in [0.3, 0.4) is 0 Å². The molecule has 196 valence electrons. The topological polar surface area (TPSA) is 88.3 Å². The molecular formula is C31H34N4O3. The molecule has 1 unspecified atom stereocenters. The van der Waals surface area contributed by atoms with E-state index in [1.54, 1.807) is 0 Å². The molecule has 0 saturated carbocycles. The van der Waals surface area contributed by atoms with Gasteiger partial charge in [-0.2, -0.15) is 0 Å². The molecule has 0 radical (unpaired) electrons. The molecule has 1 amide bonds. The van der Waals surface area contributed by atoms with E-state index >= 15 is 0 Å². The van der Waals surface area contributed by atoms with E-state index in [9.17, 15) is 14.7 Å². The van der Waals surface area contributed by atoms with Crippen LogP contribution in [0.25, 0.3) is 11.0 Å². The summed E-state index contributed by atoms with van der Waals surface area (Å²) in [6.07, 6.45) is 2.84. The molecule has 1 aromatic heterocycles. The van der Waals surface area contributed by atoms with Crippen molar-refractivity contribution in [3.8, 4) is 0 Å². The molecule has 5 rings (SSSR count). The molecule has 38 heavy (non-hydrogen) atoms. The summed E-state index contributed by atoms with van der Waals surface area (Å²) >= 11 is 0. The number of hydrogen-bond donors (Lipinski definition) is 1. The third kappa shape index (κ3) is 4.93. The minimum atomic E-state index is -0.854. The molecule has 4 aromatic rings. The molecule has 7 heteroatoms. The van der Waals surface area contributed by atoms with Gasteiger partial charge in [-0.15, -0.1) is 5.10 Å². The summed E-state index contributed by atoms with van der Waals surface area (Å²) in [5, 5.41) is 18.4. The summed E-state index contributed by atoms with van der Waals surface area (Å²) in [5.74, 6) is -1.15. The van der Waals surface area contributed by atoms with Crippen LogP contribution in [0.4, 0.5) is 0 Å². The first-order valence-corrected chi connectivity index (χ1v) is 13.4. The van der Waals surface area contributed by atoms with E-state index in [4.69, 9.17) is 0 Å². The van der Waals surface area contributed by atoms with Gasteiger partial charge in [-0.3, -0.25) is 9.59 Å². The summed E-state index contributed by atoms with van der Waals surface area (Å²) in [6.45, 7) is 8.07. The molecule has 1 atom stereocenters. The fraction of sp³-hybridized carbons (Fsp3) is 0.355. The van der Waals surface area contributed by atoms with Crippen LogP contribution in [-0.2, 0) is 30.7 Å². The van der Waals surface area contributed by atoms with Crippen molar-refractivity contribution in [3.05, 3.63) is 93.5 Å². The Morgan fingerprint density at radius 1 is 1.03 bits per heavy atom. The lowest BCUT2D eigenvalue weighted by Gasteiger charge is -2.30. The number of fused-ring (bicyclic) bond motifs is 2. The molecule has 1 aliphatic rings. The van der Waals surface area contributed by atoms with Gasteiger partial charge in [0.1, 0.15) is 5.52 Å². The Bertz CT molecular complexity index is 1490. The standard InChI is InChI=1S/C31H34N4O3/c1-4-6-21-7-9-23(10-8-21)31(38)34-16-15-22-11-12-24(17-25(22)19-34)27(18-29(36)37)26-13-14-28-30(20(26)3)32-33-35(28)5-2/h7-14,17,27H,4-6,15-16,18-19H2,1-3H3,(H,36,37). The lowest BCUT2D eigenvalue weighted by Crippen LogP contribution is -2.36. The van der Waals surface area contributed by atoms with Crippen LogP contribution in [0.15, 0.2) is 54.6 Å². The second-order valence-electron chi connectivity index (χ2n) is 10.2. The van der Waals surface area contributed by atoms with Crippen molar-refractivity contribution < 1.29 is 14.7 Å². The average Bonchev–Trinajstić information content (AvgIpc) is 3.36. The molecule has 0 spiro atoms. The maximum Gasteiger partial charge on any atom is 0.304 e. The lowest BCUT2D eigenvalue weighted by atomic mass is 9.83. The maximum absolute atomic E-state index is 13.3. The second-order valence-corrected chi connectivity index (χ2v) is 10.2. The molecule has 0 saturated heterocycles. The van der Waals surface area contributed by atoms with Gasteiger partial charge >= 0.3 is 5.97 Å². The Balaban J connectivity index is 1.45. The van der Waals surface area contributed by atoms with Crippen molar-refractivity contribution >= 4 is 22.9 Å². The van der Waals surface area contributed by atoms with E-state index in [1.165, 1.54) is 11.1 Å². The van der Waals surface area contributed by atoms with Gasteiger partial charge in [0, 0.05) is 31.1 Å². The Labute approximate surface area is 223 Å². The SMILES string of the molecule is CCCc1ccc(C(=O)N2CCc3ccc(C(CC(=O)O)c4ccc5c(nnn5CC)c4C)cc3C2)cc1. The van der Waals surface area contributed by atoms with Gasteiger partial charge in [-0.25, -0.2) is 4.68 Å². The number of aryl methyl sites for hydroxylation is 3. The Hall–Kier alpha value is -4.00. The maximum atomic E-state index is 13.3. The molecule has 0 fully saturated rings. The summed E-state index contributed by atoms with van der Waals surface area (Å²) in [5.41, 5.74) is 8.83. The number of hydrogen-bond acceptors (Lipinski definition) is 4. The molecule has 3 aromatic carbocycles. The van der Waals surface area contributed by atoms with E-state index in [2.05, 4.69) is 29.4 Å². The average molecular weight is 511 g/mol. The molecule has 2 heterocycles. The predicted molar refractivity (Wildman–Crippen MR) is 147 cm³/mol. The van der Waals surface area contributed by atoms with Crippen molar-refractivity contribution in [1.82, 2.24) is 19.9 Å². The highest BCUT2D eigenvalue weighted by molar-refractivity contribution is 5.94. The van der Waals surface area contributed by atoms with Crippen molar-refractivity contribution in [2.45, 2.75) is 65.5 Å². The Morgan fingerprint density at radius 2 is 1.82 bits per heavy atom. The molecule has 0 bridgehead atoms. The first kappa shape index (κ1) is 25.6. The van der Waals surface area contributed by atoms with Gasteiger partial charge in [0.25, 0.3) is 5.91 Å². The lowest BCUT2D eigenvalue weighted by molar-refractivity contribution is -0.137. The quantitative estimate of drug-likeness (QED) is 0.337. The number of nitrogens with zero attached hydrogens (tertiary/aromatic N) is 4. The van der Waals surface area contributed by atoms with Crippen molar-refractivity contribution in [3.63, 3.8) is 0 Å². The highest BCUT2D eigenvalue weighted by Crippen LogP contribution is 2.35. The van der Waals surface area contributed by atoms with E-state index in [0.717, 1.165) is 59.1 Å². The number of carboxylic acids is 1. The van der Waals surface area contributed by atoms with Gasteiger partial charge in [0.05, 0.1) is 11.9 Å². The van der Waals surface area contributed by atoms with Crippen LogP contribution in [0.1, 0.15) is 76.3 Å². The van der Waals surface area contributed by atoms with Crippen molar-refractivity contribution in [1.29, 1.82) is 0 Å². The zero-order valence-corrected chi connectivity index (χ0v) is 22.3. The van der Waals surface area contributed by atoms with Crippen molar-refractivity contribution in [2.24, 2.45) is 0 Å². The fourth-order valence-corrected chi connectivity index (χ4v) is 5.63. The zero-order valence-electron chi connectivity index (χ0n) is 22.3. The third-order valence-electron chi connectivity index (χ3n) is 7.71. The van der Waals surface area contributed by atoms with Gasteiger partial charge in [-0.1, -0.05) is 55.0 Å². The van der Waals surface area contributed by atoms with Gasteiger partial charge in [0.15, 0.2) is 0 Å². The number of benzene rings is 3. The third-order valence-corrected chi connectivity index (χ3v) is 7.71. The number of aliphatic carboxylic acids is 1. The van der Waals surface area contributed by atoms with Crippen LogP contribution >= 0.6 is 0 Å². The highest BCUT2D eigenvalue weighted by atomic mass is 16.4. The number of carboxylic acid groups (broad SMARTS) is 1. The largest absolute Gasteiger partial charge is 0.481 e. The number of carbonyl (C=O) groups is 2. The molecule has 1 aliphatic heterocycles. The van der Waals surface area contributed by atoms with Crippen LogP contribution in [0.5, 0.6) is 0 Å².